The van der Waals surface area contributed by atoms with Crippen molar-refractivity contribution in [3.05, 3.63) is 12.2 Å². The third-order valence-corrected chi connectivity index (χ3v) is 7.97. The minimum atomic E-state index is -0.721. The fourth-order valence-electron chi connectivity index (χ4n) is 5.33. The first-order chi connectivity index (χ1) is 19.6. The molecule has 0 aliphatic carbocycles. The lowest BCUT2D eigenvalue weighted by atomic mass is 10.0. The molecule has 0 heterocycles. The molecule has 0 rings (SSSR count). The van der Waals surface area contributed by atoms with Gasteiger partial charge >= 0.3 is 11.9 Å². The number of carboxylic acid groups (broad SMARTS) is 1. The molecular formula is C36H68O4. The molecule has 0 bridgehead atoms. The van der Waals surface area contributed by atoms with E-state index in [4.69, 9.17) is 9.84 Å². The maximum absolute atomic E-state index is 12.4. The van der Waals surface area contributed by atoms with Gasteiger partial charge in [0.15, 0.2) is 0 Å². The van der Waals surface area contributed by atoms with Gasteiger partial charge in [0.2, 0.25) is 0 Å². The Kier molecular flexibility index (Phi) is 31.1. The van der Waals surface area contributed by atoms with Crippen molar-refractivity contribution in [1.82, 2.24) is 0 Å². The van der Waals surface area contributed by atoms with Gasteiger partial charge in [0.1, 0.15) is 6.10 Å². The second-order valence-electron chi connectivity index (χ2n) is 12.1. The standard InChI is InChI=1S/C36H68O4/c1-3-5-7-9-10-11-12-13-14-15-16-17-18-19-20-21-23-29-33-36(39)40-34(30-26-22-8-6-4-2)31-27-24-25-28-32-35(37)38/h26,30,34H,3-25,27-29,31-33H2,1-2H3,(H,37,38)/b30-26-. The predicted octanol–water partition coefficient (Wildman–Crippen LogP) is 11.9. The number of unbranched alkanes of at least 4 members (excludes halogenated alkanes) is 23. The van der Waals surface area contributed by atoms with Gasteiger partial charge in [0.25, 0.3) is 0 Å². The van der Waals surface area contributed by atoms with Gasteiger partial charge in [-0.05, 0) is 44.6 Å². The number of rotatable bonds is 32. The third kappa shape index (κ3) is 31.2. The Morgan fingerprint density at radius 3 is 1.43 bits per heavy atom. The highest BCUT2D eigenvalue weighted by molar-refractivity contribution is 5.69. The van der Waals surface area contributed by atoms with Crippen molar-refractivity contribution in [3.8, 4) is 0 Å². The lowest BCUT2D eigenvalue weighted by molar-refractivity contribution is -0.147. The highest BCUT2D eigenvalue weighted by atomic mass is 16.5. The van der Waals surface area contributed by atoms with Crippen molar-refractivity contribution in [2.75, 3.05) is 0 Å². The molecule has 0 spiro atoms. The number of allylic oxidation sites excluding steroid dienone is 1. The van der Waals surface area contributed by atoms with Gasteiger partial charge in [-0.2, -0.15) is 0 Å². The molecule has 0 saturated heterocycles. The van der Waals surface area contributed by atoms with Crippen LogP contribution in [0.5, 0.6) is 0 Å². The molecule has 4 heteroatoms. The van der Waals surface area contributed by atoms with Crippen LogP contribution in [0, 0.1) is 0 Å². The molecule has 0 saturated carbocycles. The summed E-state index contributed by atoms with van der Waals surface area (Å²) < 4.78 is 5.82. The van der Waals surface area contributed by atoms with E-state index in [1.807, 2.05) is 0 Å². The average Bonchev–Trinajstić information content (AvgIpc) is 2.93. The van der Waals surface area contributed by atoms with E-state index in [9.17, 15) is 9.59 Å². The Labute approximate surface area is 249 Å². The molecule has 40 heavy (non-hydrogen) atoms. The van der Waals surface area contributed by atoms with Crippen LogP contribution in [0.2, 0.25) is 0 Å². The fraction of sp³-hybridized carbons (Fsp3) is 0.889. The summed E-state index contributed by atoms with van der Waals surface area (Å²) in [6.07, 6.45) is 38.3. The summed E-state index contributed by atoms with van der Waals surface area (Å²) in [7, 11) is 0. The van der Waals surface area contributed by atoms with Crippen LogP contribution in [-0.4, -0.2) is 23.1 Å². The van der Waals surface area contributed by atoms with E-state index < -0.39 is 5.97 Å². The molecule has 4 nitrogen and oxygen atoms in total. The van der Waals surface area contributed by atoms with Gasteiger partial charge in [0.05, 0.1) is 0 Å². The molecule has 0 fully saturated rings. The van der Waals surface area contributed by atoms with Gasteiger partial charge in [-0.25, -0.2) is 0 Å². The second-order valence-corrected chi connectivity index (χ2v) is 12.1. The van der Waals surface area contributed by atoms with Crippen molar-refractivity contribution in [3.63, 3.8) is 0 Å². The Hall–Kier alpha value is -1.32. The molecular weight excluding hydrogens is 496 g/mol. The van der Waals surface area contributed by atoms with Crippen LogP contribution in [0.25, 0.3) is 0 Å². The van der Waals surface area contributed by atoms with Crippen LogP contribution in [0.1, 0.15) is 200 Å². The maximum atomic E-state index is 12.4. The largest absolute Gasteiger partial charge is 0.481 e. The molecule has 236 valence electrons. The maximum Gasteiger partial charge on any atom is 0.306 e. The number of aliphatic carboxylic acids is 1. The Balaban J connectivity index is 3.75. The van der Waals surface area contributed by atoms with Crippen LogP contribution in [0.15, 0.2) is 12.2 Å². The normalized spacial score (nSPS) is 12.2. The summed E-state index contributed by atoms with van der Waals surface area (Å²) in [5.41, 5.74) is 0. The van der Waals surface area contributed by atoms with Crippen LogP contribution in [0.4, 0.5) is 0 Å². The molecule has 0 amide bonds. The van der Waals surface area contributed by atoms with Crippen molar-refractivity contribution in [2.24, 2.45) is 0 Å². The minimum absolute atomic E-state index is 0.0643. The van der Waals surface area contributed by atoms with E-state index in [-0.39, 0.29) is 18.5 Å². The summed E-state index contributed by atoms with van der Waals surface area (Å²) in [5.74, 6) is -0.785. The van der Waals surface area contributed by atoms with E-state index in [1.165, 1.54) is 122 Å². The molecule has 0 aliphatic heterocycles. The number of hydrogen-bond acceptors (Lipinski definition) is 3. The van der Waals surface area contributed by atoms with Crippen molar-refractivity contribution in [2.45, 2.75) is 206 Å². The Morgan fingerprint density at radius 1 is 0.550 bits per heavy atom. The zero-order chi connectivity index (χ0) is 29.4. The highest BCUT2D eigenvalue weighted by Crippen LogP contribution is 2.16. The first kappa shape index (κ1) is 38.7. The molecule has 0 aromatic rings. The molecule has 0 aromatic carbocycles. The van der Waals surface area contributed by atoms with Crippen molar-refractivity contribution < 1.29 is 19.4 Å². The van der Waals surface area contributed by atoms with E-state index in [2.05, 4.69) is 26.0 Å². The Bertz CT molecular complexity index is 571. The SMILES string of the molecule is CCCCC/C=C\C(CCCCCCC(=O)O)OC(=O)CCCCCCCCCCCCCCCCCCCC. The fourth-order valence-corrected chi connectivity index (χ4v) is 5.33. The van der Waals surface area contributed by atoms with Crippen LogP contribution >= 0.6 is 0 Å². The number of carboxylic acids is 1. The summed E-state index contributed by atoms with van der Waals surface area (Å²) in [6.45, 7) is 4.49. The lowest BCUT2D eigenvalue weighted by Crippen LogP contribution is -2.16. The minimum Gasteiger partial charge on any atom is -0.481 e. The molecule has 0 radical (unpaired) electrons. The zero-order valence-corrected chi connectivity index (χ0v) is 26.9. The molecule has 1 unspecified atom stereocenters. The van der Waals surface area contributed by atoms with Gasteiger partial charge in [0, 0.05) is 12.8 Å². The van der Waals surface area contributed by atoms with Gasteiger partial charge in [-0.1, -0.05) is 155 Å². The zero-order valence-electron chi connectivity index (χ0n) is 26.9. The molecule has 1 atom stereocenters. The van der Waals surface area contributed by atoms with Crippen LogP contribution in [-0.2, 0) is 14.3 Å². The smallest absolute Gasteiger partial charge is 0.306 e. The predicted molar refractivity (Wildman–Crippen MR) is 172 cm³/mol. The highest BCUT2D eigenvalue weighted by Gasteiger charge is 2.11. The van der Waals surface area contributed by atoms with Gasteiger partial charge < -0.3 is 9.84 Å². The molecule has 0 aromatic heterocycles. The summed E-state index contributed by atoms with van der Waals surface area (Å²) in [4.78, 5) is 23.1. The number of carbonyl (C=O) groups is 2. The quantitative estimate of drug-likeness (QED) is 0.0501. The Morgan fingerprint density at radius 2 is 0.950 bits per heavy atom. The van der Waals surface area contributed by atoms with Crippen molar-refractivity contribution in [1.29, 1.82) is 0 Å². The number of esters is 1. The first-order valence-corrected chi connectivity index (χ1v) is 17.7. The van der Waals surface area contributed by atoms with E-state index in [0.29, 0.717) is 6.42 Å². The van der Waals surface area contributed by atoms with Crippen LogP contribution < -0.4 is 0 Å². The lowest BCUT2D eigenvalue weighted by Gasteiger charge is -2.15. The summed E-state index contributed by atoms with van der Waals surface area (Å²) in [6, 6.07) is 0. The molecule has 0 aliphatic rings. The van der Waals surface area contributed by atoms with E-state index in [1.54, 1.807) is 0 Å². The average molecular weight is 565 g/mol. The van der Waals surface area contributed by atoms with E-state index in [0.717, 1.165) is 51.4 Å². The molecule has 1 N–H and O–H groups in total. The number of hydrogen-bond donors (Lipinski definition) is 1. The summed E-state index contributed by atoms with van der Waals surface area (Å²) >= 11 is 0. The van der Waals surface area contributed by atoms with Crippen LogP contribution in [0.3, 0.4) is 0 Å². The first-order valence-electron chi connectivity index (χ1n) is 17.7. The van der Waals surface area contributed by atoms with E-state index >= 15 is 0 Å². The number of ether oxygens (including phenoxy) is 1. The third-order valence-electron chi connectivity index (χ3n) is 7.97. The van der Waals surface area contributed by atoms with Gasteiger partial charge in [-0.15, -0.1) is 0 Å². The monoisotopic (exact) mass is 565 g/mol. The second kappa shape index (κ2) is 32.2. The van der Waals surface area contributed by atoms with Gasteiger partial charge in [-0.3, -0.25) is 9.59 Å². The number of carbonyl (C=O) groups excluding carboxylic acids is 1. The summed E-state index contributed by atoms with van der Waals surface area (Å²) in [5, 5.41) is 8.77. The topological polar surface area (TPSA) is 63.6 Å². The van der Waals surface area contributed by atoms with Crippen molar-refractivity contribution >= 4 is 11.9 Å².